The Morgan fingerprint density at radius 2 is 0.737 bits per heavy atom. The predicted octanol–water partition coefficient (Wildman–Crippen LogP) is 0.709. The lowest BCUT2D eigenvalue weighted by Crippen LogP contribution is -2.68. The van der Waals surface area contributed by atoms with Crippen LogP contribution in [0.15, 0.2) is 140 Å². The highest BCUT2D eigenvalue weighted by atomic mass is 35.7. The van der Waals surface area contributed by atoms with E-state index in [4.69, 9.17) is 18.6 Å². The van der Waals surface area contributed by atoms with E-state index in [1.807, 2.05) is 12.1 Å². The number of aliphatic hydroxyl groups excluding tert-OH is 1. The average molecular weight is 545 g/mol. The molecule has 0 saturated carbocycles. The van der Waals surface area contributed by atoms with Gasteiger partial charge < -0.3 is 5.11 Å². The fourth-order valence-electron chi connectivity index (χ4n) is 4.53. The molecule has 0 unspecified atom stereocenters. The van der Waals surface area contributed by atoms with Crippen LogP contribution in [-0.4, -0.2) is 5.11 Å². The van der Waals surface area contributed by atoms with Crippen molar-refractivity contribution in [3.63, 3.8) is 0 Å². The van der Waals surface area contributed by atoms with Crippen molar-refractivity contribution in [2.24, 2.45) is 0 Å². The van der Waals surface area contributed by atoms with E-state index >= 15 is 0 Å². The van der Waals surface area contributed by atoms with Gasteiger partial charge in [-0.15, -0.1) is 10.2 Å². The summed E-state index contributed by atoms with van der Waals surface area (Å²) in [7, 11) is -7.01. The third-order valence-electron chi connectivity index (χ3n) is 6.15. The van der Waals surface area contributed by atoms with Gasteiger partial charge in [-0.25, -0.2) is 18.6 Å². The summed E-state index contributed by atoms with van der Waals surface area (Å²) in [4.78, 5) is 0. The summed E-state index contributed by atoms with van der Waals surface area (Å²) in [5.74, 6) is 0. The molecule has 192 valence electrons. The van der Waals surface area contributed by atoms with Gasteiger partial charge in [-0.1, -0.05) is 91.0 Å². The van der Waals surface area contributed by atoms with Crippen LogP contribution < -0.4 is 39.9 Å². The van der Waals surface area contributed by atoms with E-state index in [-0.39, 0.29) is 6.61 Å². The minimum Gasteiger partial charge on any atom is -0.392 e. The highest BCUT2D eigenvalue weighted by molar-refractivity contribution is 8.01. The summed E-state index contributed by atoms with van der Waals surface area (Å²) in [6.07, 6.45) is 0. The molecule has 7 heteroatoms. The molecule has 0 radical (unpaired) electrons. The number of benzene rings is 5. The van der Waals surface area contributed by atoms with Gasteiger partial charge >= 0.3 is 0 Å². The molecular weight excluding hydrogens is 519 g/mol. The topological polar surface area (TPSA) is 112 Å². The molecule has 0 amide bonds. The van der Waals surface area contributed by atoms with E-state index in [0.29, 0.717) is 0 Å². The maximum atomic E-state index is 9.35. The Bertz CT molecular complexity index is 1300. The Kier molecular flexibility index (Phi) is 9.05. The molecule has 0 aromatic heterocycles. The van der Waals surface area contributed by atoms with Gasteiger partial charge in [0.25, 0.3) is 0 Å². The van der Waals surface area contributed by atoms with Crippen LogP contribution in [0.1, 0.15) is 5.56 Å². The third kappa shape index (κ3) is 6.54. The van der Waals surface area contributed by atoms with Gasteiger partial charge in [0.1, 0.15) is 28.5 Å². The van der Waals surface area contributed by atoms with Crippen LogP contribution in [-0.2, 0) is 6.61 Å². The van der Waals surface area contributed by atoms with Crippen molar-refractivity contribution in [2.75, 3.05) is 0 Å². The molecule has 0 spiro atoms. The number of aliphatic hydroxyl groups is 1. The van der Waals surface area contributed by atoms with Crippen molar-refractivity contribution in [3.05, 3.63) is 145 Å². The minimum absolute atomic E-state index is 0.0669. The van der Waals surface area contributed by atoms with Crippen LogP contribution in [0.5, 0.6) is 0 Å². The fourth-order valence-corrected chi connectivity index (χ4v) is 8.77. The molecule has 0 aliphatic heterocycles. The zero-order valence-corrected chi connectivity index (χ0v) is 22.0. The Morgan fingerprint density at radius 1 is 0.447 bits per heavy atom. The molecule has 1 N–H and O–H groups in total. The van der Waals surface area contributed by atoms with Crippen molar-refractivity contribution >= 4 is 28.5 Å². The van der Waals surface area contributed by atoms with Crippen molar-refractivity contribution in [1.82, 2.24) is 0 Å². The molecule has 5 nitrogen and oxygen atoms in total. The molecule has 38 heavy (non-hydrogen) atoms. The summed E-state index contributed by atoms with van der Waals surface area (Å²) in [5.41, 5.74) is 3.26. The number of halogens is 1. The predicted molar refractivity (Wildman–Crippen MR) is 143 cm³/mol. The van der Waals surface area contributed by atoms with Crippen molar-refractivity contribution in [3.8, 4) is 11.1 Å². The average Bonchev–Trinajstić information content (AvgIpc) is 2.95. The fraction of sp³-hybridized carbons (Fsp3) is 0.0323. The second-order valence-corrected chi connectivity index (χ2v) is 12.6. The van der Waals surface area contributed by atoms with Crippen LogP contribution in [0, 0.1) is 10.2 Å². The normalized spacial score (nSPS) is 11.4. The highest BCUT2D eigenvalue weighted by Gasteiger charge is 2.47. The van der Waals surface area contributed by atoms with Gasteiger partial charge in [-0.2, -0.15) is 0 Å². The second kappa shape index (κ2) is 12.4. The maximum absolute atomic E-state index is 9.35. The Balaban J connectivity index is 0.000000617. The Morgan fingerprint density at radius 3 is 1.05 bits per heavy atom. The van der Waals surface area contributed by atoms with Gasteiger partial charge in [0.05, 0.1) is 6.61 Å². The lowest BCUT2D eigenvalue weighted by molar-refractivity contribution is -2.00. The van der Waals surface area contributed by atoms with E-state index < -0.39 is 17.5 Å². The number of hydrogen-bond acceptors (Lipinski definition) is 5. The molecule has 5 rings (SSSR count). The lowest BCUT2D eigenvalue weighted by Gasteiger charge is -2.27. The van der Waals surface area contributed by atoms with Gasteiger partial charge in [0, 0.05) is 0 Å². The monoisotopic (exact) mass is 544 g/mol. The summed E-state index contributed by atoms with van der Waals surface area (Å²) < 4.78 is 34.0. The van der Waals surface area contributed by atoms with Crippen LogP contribution in [0.2, 0.25) is 0 Å². The molecule has 0 heterocycles. The van der Waals surface area contributed by atoms with Crippen LogP contribution in [0.3, 0.4) is 0 Å². The molecule has 5 aromatic rings. The molecule has 0 saturated heterocycles. The van der Waals surface area contributed by atoms with Crippen molar-refractivity contribution in [2.45, 2.75) is 6.61 Å². The molecule has 0 bridgehead atoms. The first kappa shape index (κ1) is 27.6. The van der Waals surface area contributed by atoms with Gasteiger partial charge in [0.2, 0.25) is 0 Å². The number of rotatable bonds is 6. The minimum atomic E-state index is -4.94. The second-order valence-electron chi connectivity index (χ2n) is 8.46. The summed E-state index contributed by atoms with van der Waals surface area (Å²) >= 11 is 0. The zero-order chi connectivity index (χ0) is 27.0. The smallest absolute Gasteiger partial charge is 0.144 e. The van der Waals surface area contributed by atoms with Gasteiger partial charge in [0.15, 0.2) is 0 Å². The van der Waals surface area contributed by atoms with E-state index in [1.54, 1.807) is 0 Å². The highest BCUT2D eigenvalue weighted by Crippen LogP contribution is 2.54. The van der Waals surface area contributed by atoms with E-state index in [9.17, 15) is 5.11 Å². The van der Waals surface area contributed by atoms with Crippen LogP contribution in [0.25, 0.3) is 11.1 Å². The first-order valence-electron chi connectivity index (χ1n) is 11.8. The molecule has 0 fully saturated rings. The molecule has 0 aliphatic rings. The first-order valence-corrected chi connectivity index (χ1v) is 14.8. The number of hydrogen-bond donors (Lipinski definition) is 1. The zero-order valence-electron chi connectivity index (χ0n) is 20.4. The van der Waals surface area contributed by atoms with E-state index in [0.717, 1.165) is 11.1 Å². The van der Waals surface area contributed by atoms with E-state index in [1.165, 1.54) is 26.8 Å². The first-order chi connectivity index (χ1) is 18.3. The lowest BCUT2D eigenvalue weighted by atomic mass is 10.0. The summed E-state index contributed by atoms with van der Waals surface area (Å²) in [6, 6.07) is 50.0. The van der Waals surface area contributed by atoms with Crippen molar-refractivity contribution < 1.29 is 34.0 Å². The van der Waals surface area contributed by atoms with E-state index in [2.05, 4.69) is 127 Å². The molecule has 0 aliphatic carbocycles. The SMILES string of the molecule is OCc1ccc(-c2ccc([P+](c3ccccc3)(c3ccccc3)c3ccccc3)cc2)cc1.[O-][Cl+3]([O-])([O-])[O-]. The quantitative estimate of drug-likeness (QED) is 0.316. The third-order valence-corrected chi connectivity index (χ3v) is 10.4. The molecule has 5 aromatic carbocycles. The maximum Gasteiger partial charge on any atom is 0.144 e. The molecule has 0 atom stereocenters. The largest absolute Gasteiger partial charge is 0.392 e. The Labute approximate surface area is 225 Å². The standard InChI is InChI=1S/C31H26OP.ClHO4/c32-24-25-16-18-26(19-17-25)27-20-22-31(23-21-27)33(28-10-4-1-5-11-28,29-12-6-2-7-13-29)30-14-8-3-9-15-30;2-1(3,4)5/h1-23,32H,24H2;(H,2,3,4,5)/q+1;/p-1. The summed E-state index contributed by atoms with van der Waals surface area (Å²) in [6.45, 7) is 0.0669. The van der Waals surface area contributed by atoms with Gasteiger partial charge in [-0.3, -0.25) is 0 Å². The van der Waals surface area contributed by atoms with Crippen LogP contribution in [0.4, 0.5) is 0 Å². The van der Waals surface area contributed by atoms with Gasteiger partial charge in [-0.05, 0) is 65.2 Å². The summed E-state index contributed by atoms with van der Waals surface area (Å²) in [5, 5.41) is 14.7. The van der Waals surface area contributed by atoms with Crippen molar-refractivity contribution in [1.29, 1.82) is 0 Å². The Hall–Kier alpha value is -3.38. The van der Waals surface area contributed by atoms with Crippen LogP contribution >= 0.6 is 7.26 Å². The molecular formula is C31H26ClO5P.